The Labute approximate surface area is 162 Å². The molecule has 2 N–H and O–H groups in total. The number of unbranched alkanes of at least 4 members (excludes halogenated alkanes) is 1. The van der Waals surface area contributed by atoms with Crippen LogP contribution >= 0.6 is 0 Å². The highest BCUT2D eigenvalue weighted by molar-refractivity contribution is 6.27. The molecule has 0 atom stereocenters. The summed E-state index contributed by atoms with van der Waals surface area (Å²) in [6.07, 6.45) is 5.16. The Morgan fingerprint density at radius 2 is 1.67 bits per heavy atom. The summed E-state index contributed by atoms with van der Waals surface area (Å²) in [5, 5.41) is 14.8. The fourth-order valence-corrected chi connectivity index (χ4v) is 3.05. The van der Waals surface area contributed by atoms with Crippen molar-refractivity contribution in [3.63, 3.8) is 0 Å². The van der Waals surface area contributed by atoms with Gasteiger partial charge in [0.05, 0.1) is 6.61 Å². The van der Waals surface area contributed by atoms with Crippen LogP contribution in [0.2, 0.25) is 0 Å². The van der Waals surface area contributed by atoms with Gasteiger partial charge in [0, 0.05) is 0 Å². The second-order valence-corrected chi connectivity index (χ2v) is 7.92. The third kappa shape index (κ3) is 8.43. The summed E-state index contributed by atoms with van der Waals surface area (Å²) in [7, 11) is 0. The molecule has 0 unspecified atom stereocenters. The minimum Gasteiger partial charge on any atom is -0.493 e. The molecule has 6 nitrogen and oxygen atoms in total. The highest BCUT2D eigenvalue weighted by Gasteiger charge is 2.20. The SMILES string of the molecule is Cc1cccc(C(C)(C)C)c1OCCCCN1CCCC1.O=C(O)C(=O)O. The van der Waals surface area contributed by atoms with Crippen LogP contribution in [0.25, 0.3) is 0 Å². The number of aliphatic carboxylic acids is 2. The zero-order valence-corrected chi connectivity index (χ0v) is 17.0. The molecule has 2 rings (SSSR count). The van der Waals surface area contributed by atoms with Crippen molar-refractivity contribution in [3.05, 3.63) is 29.3 Å². The van der Waals surface area contributed by atoms with Crippen molar-refractivity contribution < 1.29 is 24.5 Å². The van der Waals surface area contributed by atoms with Crippen LogP contribution in [0, 0.1) is 6.92 Å². The van der Waals surface area contributed by atoms with Gasteiger partial charge in [-0.15, -0.1) is 0 Å². The Kier molecular flexibility index (Phi) is 9.29. The number of rotatable bonds is 6. The van der Waals surface area contributed by atoms with E-state index in [1.54, 1.807) is 0 Å². The molecule has 1 saturated heterocycles. The fourth-order valence-electron chi connectivity index (χ4n) is 3.05. The van der Waals surface area contributed by atoms with Gasteiger partial charge in [-0.25, -0.2) is 9.59 Å². The van der Waals surface area contributed by atoms with E-state index < -0.39 is 11.9 Å². The minimum absolute atomic E-state index is 0.136. The lowest BCUT2D eigenvalue weighted by atomic mass is 9.85. The fraction of sp³-hybridized carbons (Fsp3) is 0.619. The maximum absolute atomic E-state index is 9.10. The third-order valence-corrected chi connectivity index (χ3v) is 4.52. The third-order valence-electron chi connectivity index (χ3n) is 4.52. The molecule has 0 saturated carbocycles. The van der Waals surface area contributed by atoms with E-state index in [9.17, 15) is 0 Å². The summed E-state index contributed by atoms with van der Waals surface area (Å²) >= 11 is 0. The lowest BCUT2D eigenvalue weighted by molar-refractivity contribution is -0.159. The van der Waals surface area contributed by atoms with Gasteiger partial charge in [0.15, 0.2) is 0 Å². The molecule has 152 valence electrons. The van der Waals surface area contributed by atoms with Crippen LogP contribution in [0.1, 0.15) is 57.6 Å². The summed E-state index contributed by atoms with van der Waals surface area (Å²) in [6, 6.07) is 6.48. The second kappa shape index (κ2) is 10.9. The van der Waals surface area contributed by atoms with Crippen LogP contribution in [0.3, 0.4) is 0 Å². The number of hydrogen-bond acceptors (Lipinski definition) is 4. The molecule has 1 aromatic rings. The van der Waals surface area contributed by atoms with Crippen LogP contribution < -0.4 is 4.74 Å². The maximum Gasteiger partial charge on any atom is 0.414 e. The van der Waals surface area contributed by atoms with Crippen molar-refractivity contribution in [2.75, 3.05) is 26.2 Å². The Balaban J connectivity index is 0.000000527. The number of nitrogens with zero attached hydrogens (tertiary/aromatic N) is 1. The largest absolute Gasteiger partial charge is 0.493 e. The summed E-state index contributed by atoms with van der Waals surface area (Å²) in [5.41, 5.74) is 2.71. The predicted molar refractivity (Wildman–Crippen MR) is 106 cm³/mol. The number of carboxylic acid groups (broad SMARTS) is 2. The normalized spacial score (nSPS) is 14.4. The van der Waals surface area contributed by atoms with E-state index >= 15 is 0 Å². The number of ether oxygens (including phenoxy) is 1. The van der Waals surface area contributed by atoms with Crippen LogP contribution in [0.15, 0.2) is 18.2 Å². The molecular formula is C21H33NO5. The van der Waals surface area contributed by atoms with Crippen molar-refractivity contribution in [2.24, 2.45) is 0 Å². The molecule has 0 amide bonds. The van der Waals surface area contributed by atoms with E-state index in [1.165, 1.54) is 50.0 Å². The smallest absolute Gasteiger partial charge is 0.414 e. The molecule has 0 bridgehead atoms. The molecule has 1 heterocycles. The summed E-state index contributed by atoms with van der Waals surface area (Å²) < 4.78 is 6.14. The highest BCUT2D eigenvalue weighted by atomic mass is 16.5. The van der Waals surface area contributed by atoms with E-state index in [1.807, 2.05) is 0 Å². The molecule has 1 aliphatic rings. The zero-order chi connectivity index (χ0) is 20.4. The van der Waals surface area contributed by atoms with Gasteiger partial charge in [-0.2, -0.15) is 0 Å². The van der Waals surface area contributed by atoms with Crippen molar-refractivity contribution >= 4 is 11.9 Å². The minimum atomic E-state index is -1.82. The molecule has 1 fully saturated rings. The molecule has 27 heavy (non-hydrogen) atoms. The van der Waals surface area contributed by atoms with Gasteiger partial charge in [0.25, 0.3) is 0 Å². The lowest BCUT2D eigenvalue weighted by Crippen LogP contribution is -2.21. The average molecular weight is 379 g/mol. The van der Waals surface area contributed by atoms with Gasteiger partial charge in [0.2, 0.25) is 0 Å². The topological polar surface area (TPSA) is 87.1 Å². The Morgan fingerprint density at radius 3 is 2.19 bits per heavy atom. The summed E-state index contributed by atoms with van der Waals surface area (Å²) in [5.74, 6) is -2.55. The number of hydrogen-bond donors (Lipinski definition) is 2. The number of benzene rings is 1. The molecular weight excluding hydrogens is 346 g/mol. The average Bonchev–Trinajstić information content (AvgIpc) is 3.08. The van der Waals surface area contributed by atoms with E-state index in [0.29, 0.717) is 0 Å². The molecule has 6 heteroatoms. The van der Waals surface area contributed by atoms with Gasteiger partial charge in [-0.05, 0) is 68.8 Å². The van der Waals surface area contributed by atoms with Crippen molar-refractivity contribution in [1.29, 1.82) is 0 Å². The number of aryl methyl sites for hydroxylation is 1. The summed E-state index contributed by atoms with van der Waals surface area (Å²) in [4.78, 5) is 20.8. The monoisotopic (exact) mass is 379 g/mol. The Bertz CT molecular complexity index is 603. The quantitative estimate of drug-likeness (QED) is 0.579. The molecule has 0 aromatic heterocycles. The first kappa shape index (κ1) is 23.0. The van der Waals surface area contributed by atoms with E-state index in [-0.39, 0.29) is 5.41 Å². The first-order valence-electron chi connectivity index (χ1n) is 9.54. The van der Waals surface area contributed by atoms with Gasteiger partial charge < -0.3 is 19.8 Å². The standard InChI is InChI=1S/C19H31NO.C2H2O4/c1-16-10-9-11-17(19(2,3)4)18(16)21-15-8-7-14-20-12-5-6-13-20;3-1(4)2(5)6/h9-11H,5-8,12-15H2,1-4H3;(H,3,4)(H,5,6). The van der Waals surface area contributed by atoms with Crippen LogP contribution in [0.5, 0.6) is 5.75 Å². The first-order chi connectivity index (χ1) is 12.6. The van der Waals surface area contributed by atoms with Gasteiger partial charge in [0.1, 0.15) is 5.75 Å². The van der Waals surface area contributed by atoms with Crippen LogP contribution in [-0.2, 0) is 15.0 Å². The first-order valence-corrected chi connectivity index (χ1v) is 9.54. The van der Waals surface area contributed by atoms with Gasteiger partial charge in [-0.3, -0.25) is 0 Å². The van der Waals surface area contributed by atoms with Crippen molar-refractivity contribution in [3.8, 4) is 5.75 Å². The Hall–Kier alpha value is -2.08. The predicted octanol–water partition coefficient (Wildman–Crippen LogP) is 3.70. The van der Waals surface area contributed by atoms with E-state index in [4.69, 9.17) is 24.5 Å². The molecule has 0 aliphatic carbocycles. The van der Waals surface area contributed by atoms with E-state index in [0.717, 1.165) is 18.8 Å². The lowest BCUT2D eigenvalue weighted by Gasteiger charge is -2.24. The van der Waals surface area contributed by atoms with Crippen LogP contribution in [-0.4, -0.2) is 53.3 Å². The van der Waals surface area contributed by atoms with Crippen LogP contribution in [0.4, 0.5) is 0 Å². The molecule has 0 radical (unpaired) electrons. The number of carboxylic acids is 2. The summed E-state index contributed by atoms with van der Waals surface area (Å²) in [6.45, 7) is 13.6. The van der Waals surface area contributed by atoms with Crippen molar-refractivity contribution in [2.45, 2.75) is 58.8 Å². The highest BCUT2D eigenvalue weighted by Crippen LogP contribution is 2.33. The molecule has 1 aliphatic heterocycles. The van der Waals surface area contributed by atoms with Crippen molar-refractivity contribution in [1.82, 2.24) is 4.90 Å². The molecule has 1 aromatic carbocycles. The molecule has 0 spiro atoms. The Morgan fingerprint density at radius 1 is 1.07 bits per heavy atom. The number of carbonyl (C=O) groups is 2. The van der Waals surface area contributed by atoms with Gasteiger partial charge >= 0.3 is 11.9 Å². The maximum atomic E-state index is 9.10. The van der Waals surface area contributed by atoms with E-state index in [2.05, 4.69) is 50.8 Å². The zero-order valence-electron chi connectivity index (χ0n) is 17.0. The second-order valence-electron chi connectivity index (χ2n) is 7.92. The number of para-hydroxylation sites is 1. The number of likely N-dealkylation sites (tertiary alicyclic amines) is 1. The van der Waals surface area contributed by atoms with Gasteiger partial charge in [-0.1, -0.05) is 39.0 Å².